The normalized spacial score (nSPS) is 12.1. The van der Waals surface area contributed by atoms with Gasteiger partial charge in [0.2, 0.25) is 0 Å². The van der Waals surface area contributed by atoms with E-state index in [9.17, 15) is 5.11 Å². The maximum Gasteiger partial charge on any atom is 0.168 e. The largest absolute Gasteiger partial charge is 0.495 e. The first-order chi connectivity index (χ1) is 8.10. The van der Waals surface area contributed by atoms with Gasteiger partial charge in [-0.05, 0) is 0 Å². The molecule has 1 aromatic rings. The molecule has 0 aliphatic rings. The minimum absolute atomic E-state index is 0.0202. The van der Waals surface area contributed by atoms with E-state index in [4.69, 9.17) is 31.5 Å². The first kappa shape index (κ1) is 13.9. The summed E-state index contributed by atoms with van der Waals surface area (Å²) in [4.78, 5) is 0. The van der Waals surface area contributed by atoms with Crippen molar-refractivity contribution in [3.8, 4) is 17.2 Å². The lowest BCUT2D eigenvalue weighted by atomic mass is 10.1. The van der Waals surface area contributed by atoms with Gasteiger partial charge in [-0.2, -0.15) is 0 Å². The van der Waals surface area contributed by atoms with Gasteiger partial charge in [0, 0.05) is 12.6 Å². The van der Waals surface area contributed by atoms with Crippen LogP contribution < -0.4 is 19.9 Å². The SMILES string of the molecule is COc1cc(OC)c(OC)c(C(O)CN)c1Cl. The molecule has 17 heavy (non-hydrogen) atoms. The van der Waals surface area contributed by atoms with Gasteiger partial charge < -0.3 is 25.1 Å². The molecular formula is C11H16ClNO4. The van der Waals surface area contributed by atoms with Crippen LogP contribution in [0.3, 0.4) is 0 Å². The number of nitrogens with two attached hydrogens (primary N) is 1. The molecule has 1 atom stereocenters. The summed E-state index contributed by atoms with van der Waals surface area (Å²) >= 11 is 6.12. The molecule has 0 aromatic heterocycles. The summed E-state index contributed by atoms with van der Waals surface area (Å²) in [5.74, 6) is 1.18. The molecular weight excluding hydrogens is 246 g/mol. The third-order valence-corrected chi connectivity index (χ3v) is 2.77. The molecule has 0 heterocycles. The second-order valence-corrected chi connectivity index (χ2v) is 3.67. The van der Waals surface area contributed by atoms with Crippen LogP contribution in [0.25, 0.3) is 0 Å². The van der Waals surface area contributed by atoms with Gasteiger partial charge in [0.1, 0.15) is 5.75 Å². The summed E-state index contributed by atoms with van der Waals surface area (Å²) in [5.41, 5.74) is 5.80. The summed E-state index contributed by atoms with van der Waals surface area (Å²) in [6.07, 6.45) is -0.943. The van der Waals surface area contributed by atoms with Crippen molar-refractivity contribution in [2.45, 2.75) is 6.10 Å². The third kappa shape index (κ3) is 2.57. The molecule has 0 amide bonds. The topological polar surface area (TPSA) is 73.9 Å². The van der Waals surface area contributed by atoms with Crippen LogP contribution in [0.2, 0.25) is 5.02 Å². The zero-order valence-electron chi connectivity index (χ0n) is 9.99. The summed E-state index contributed by atoms with van der Waals surface area (Å²) in [6, 6.07) is 1.59. The second kappa shape index (κ2) is 5.95. The zero-order valence-corrected chi connectivity index (χ0v) is 10.7. The van der Waals surface area contributed by atoms with Crippen molar-refractivity contribution in [3.63, 3.8) is 0 Å². The fourth-order valence-corrected chi connectivity index (χ4v) is 1.88. The molecule has 6 heteroatoms. The van der Waals surface area contributed by atoms with Crippen molar-refractivity contribution < 1.29 is 19.3 Å². The monoisotopic (exact) mass is 261 g/mol. The van der Waals surface area contributed by atoms with Gasteiger partial charge in [0.15, 0.2) is 11.5 Å². The van der Waals surface area contributed by atoms with Crippen molar-refractivity contribution >= 4 is 11.6 Å². The maximum absolute atomic E-state index is 9.86. The van der Waals surface area contributed by atoms with Crippen molar-refractivity contribution in [2.75, 3.05) is 27.9 Å². The lowest BCUT2D eigenvalue weighted by molar-refractivity contribution is 0.180. The number of benzene rings is 1. The summed E-state index contributed by atoms with van der Waals surface area (Å²) in [5, 5.41) is 10.1. The first-order valence-electron chi connectivity index (χ1n) is 4.97. The fourth-order valence-electron chi connectivity index (χ4n) is 1.54. The number of rotatable bonds is 5. The van der Waals surface area contributed by atoms with E-state index >= 15 is 0 Å². The van der Waals surface area contributed by atoms with Gasteiger partial charge in [-0.15, -0.1) is 0 Å². The minimum Gasteiger partial charge on any atom is -0.495 e. The lowest BCUT2D eigenvalue weighted by Gasteiger charge is -2.19. The van der Waals surface area contributed by atoms with E-state index in [1.54, 1.807) is 6.07 Å². The van der Waals surface area contributed by atoms with E-state index in [-0.39, 0.29) is 11.6 Å². The Morgan fingerprint density at radius 2 is 1.82 bits per heavy atom. The van der Waals surface area contributed by atoms with Gasteiger partial charge >= 0.3 is 0 Å². The van der Waals surface area contributed by atoms with Crippen LogP contribution in [0.1, 0.15) is 11.7 Å². The second-order valence-electron chi connectivity index (χ2n) is 3.29. The maximum atomic E-state index is 9.86. The van der Waals surface area contributed by atoms with Crippen molar-refractivity contribution in [2.24, 2.45) is 5.73 Å². The highest BCUT2D eigenvalue weighted by atomic mass is 35.5. The Morgan fingerprint density at radius 3 is 2.24 bits per heavy atom. The number of aliphatic hydroxyl groups is 1. The van der Waals surface area contributed by atoms with Gasteiger partial charge in [0.25, 0.3) is 0 Å². The standard InChI is InChI=1S/C11H16ClNO4/c1-15-7-4-8(16-2)11(17-3)9(10(7)12)6(14)5-13/h4,6,14H,5,13H2,1-3H3. The predicted octanol–water partition coefficient (Wildman–Crippen LogP) is 1.36. The highest BCUT2D eigenvalue weighted by molar-refractivity contribution is 6.33. The molecule has 1 unspecified atom stereocenters. The Balaban J connectivity index is 3.49. The van der Waals surface area contributed by atoms with Gasteiger partial charge in [-0.25, -0.2) is 0 Å². The van der Waals surface area contributed by atoms with Crippen LogP contribution in [-0.2, 0) is 0 Å². The Labute approximate surface area is 105 Å². The summed E-state index contributed by atoms with van der Waals surface area (Å²) in [6.45, 7) is 0.0202. The number of hydrogen-bond donors (Lipinski definition) is 2. The average Bonchev–Trinajstić information content (AvgIpc) is 2.36. The van der Waals surface area contributed by atoms with E-state index in [2.05, 4.69) is 0 Å². The molecule has 0 aliphatic heterocycles. The van der Waals surface area contributed by atoms with Crippen molar-refractivity contribution in [3.05, 3.63) is 16.7 Å². The molecule has 0 fully saturated rings. The first-order valence-corrected chi connectivity index (χ1v) is 5.34. The molecule has 0 spiro atoms. The average molecular weight is 262 g/mol. The Hall–Kier alpha value is -1.17. The highest BCUT2D eigenvalue weighted by Crippen LogP contribution is 2.44. The molecule has 0 aliphatic carbocycles. The minimum atomic E-state index is -0.943. The van der Waals surface area contributed by atoms with E-state index in [0.717, 1.165) is 0 Å². The van der Waals surface area contributed by atoms with Crippen LogP contribution in [0.15, 0.2) is 6.07 Å². The molecule has 5 nitrogen and oxygen atoms in total. The Bertz CT molecular complexity index is 398. The van der Waals surface area contributed by atoms with Crippen LogP contribution in [0.5, 0.6) is 17.2 Å². The predicted molar refractivity (Wildman–Crippen MR) is 65.1 cm³/mol. The van der Waals surface area contributed by atoms with E-state index in [1.165, 1.54) is 21.3 Å². The van der Waals surface area contributed by atoms with E-state index < -0.39 is 6.10 Å². The molecule has 0 radical (unpaired) electrons. The van der Waals surface area contributed by atoms with Crippen molar-refractivity contribution in [1.82, 2.24) is 0 Å². The quantitative estimate of drug-likeness (QED) is 0.837. The van der Waals surface area contributed by atoms with Crippen LogP contribution in [0, 0.1) is 0 Å². The van der Waals surface area contributed by atoms with Crippen molar-refractivity contribution in [1.29, 1.82) is 0 Å². The van der Waals surface area contributed by atoms with E-state index in [1.807, 2.05) is 0 Å². The number of ether oxygens (including phenoxy) is 3. The van der Waals surface area contributed by atoms with Gasteiger partial charge in [0.05, 0.1) is 38.0 Å². The molecule has 0 saturated carbocycles. The van der Waals surface area contributed by atoms with Gasteiger partial charge in [-0.3, -0.25) is 0 Å². The molecule has 0 saturated heterocycles. The molecule has 1 aromatic carbocycles. The number of hydrogen-bond acceptors (Lipinski definition) is 5. The summed E-state index contributed by atoms with van der Waals surface area (Å²) in [7, 11) is 4.43. The van der Waals surface area contributed by atoms with E-state index in [0.29, 0.717) is 22.8 Å². The zero-order chi connectivity index (χ0) is 13.0. The Morgan fingerprint density at radius 1 is 1.24 bits per heavy atom. The third-order valence-electron chi connectivity index (χ3n) is 2.38. The smallest absolute Gasteiger partial charge is 0.168 e. The number of halogens is 1. The van der Waals surface area contributed by atoms with Crippen LogP contribution in [-0.4, -0.2) is 33.0 Å². The molecule has 0 bridgehead atoms. The lowest BCUT2D eigenvalue weighted by Crippen LogP contribution is -2.14. The molecule has 3 N–H and O–H groups in total. The Kier molecular flexibility index (Phi) is 4.86. The molecule has 1 rings (SSSR count). The van der Waals surface area contributed by atoms with Crippen LogP contribution >= 0.6 is 11.6 Å². The van der Waals surface area contributed by atoms with Gasteiger partial charge in [-0.1, -0.05) is 11.6 Å². The van der Waals surface area contributed by atoms with Crippen LogP contribution in [0.4, 0.5) is 0 Å². The number of aliphatic hydroxyl groups excluding tert-OH is 1. The number of methoxy groups -OCH3 is 3. The highest BCUT2D eigenvalue weighted by Gasteiger charge is 2.23. The fraction of sp³-hybridized carbons (Fsp3) is 0.455. The molecule has 96 valence electrons. The summed E-state index contributed by atoms with van der Waals surface area (Å²) < 4.78 is 15.4.